The molecule has 1 heteroatoms. The molecule has 2 aromatic rings. The predicted octanol–water partition coefficient (Wildman–Crippen LogP) is 7.16. The molecule has 0 spiro atoms. The third-order valence-electron chi connectivity index (χ3n) is 5.70. The van der Waals surface area contributed by atoms with Gasteiger partial charge in [-0.15, -0.1) is 0 Å². The van der Waals surface area contributed by atoms with Crippen LogP contribution in [0.15, 0.2) is 49.6 Å². The van der Waals surface area contributed by atoms with Crippen molar-refractivity contribution in [1.29, 1.82) is 0 Å². The van der Waals surface area contributed by atoms with E-state index in [1.54, 1.807) is 12.1 Å². The smallest absolute Gasteiger partial charge is 0.123 e. The van der Waals surface area contributed by atoms with Crippen LogP contribution in [0.25, 0.3) is 11.1 Å². The van der Waals surface area contributed by atoms with Crippen LogP contribution in [-0.4, -0.2) is 0 Å². The van der Waals surface area contributed by atoms with Crippen molar-refractivity contribution in [3.63, 3.8) is 0 Å². The summed E-state index contributed by atoms with van der Waals surface area (Å²) in [6, 6.07) is 11.7. The van der Waals surface area contributed by atoms with E-state index in [-0.39, 0.29) is 5.82 Å². The highest BCUT2D eigenvalue weighted by atomic mass is 19.1. The quantitative estimate of drug-likeness (QED) is 0.519. The van der Waals surface area contributed by atoms with Gasteiger partial charge in [0.25, 0.3) is 0 Å². The lowest BCUT2D eigenvalue weighted by Gasteiger charge is -2.31. The first-order chi connectivity index (χ1) is 12.5. The highest BCUT2D eigenvalue weighted by molar-refractivity contribution is 5.85. The van der Waals surface area contributed by atoms with Gasteiger partial charge in [-0.25, -0.2) is 4.39 Å². The Morgan fingerprint density at radius 1 is 1.08 bits per heavy atom. The zero-order valence-corrected chi connectivity index (χ0v) is 16.1. The maximum atomic E-state index is 13.3. The Morgan fingerprint density at radius 3 is 2.62 bits per heavy atom. The van der Waals surface area contributed by atoms with Crippen molar-refractivity contribution < 1.29 is 4.39 Å². The second-order valence-electron chi connectivity index (χ2n) is 7.58. The van der Waals surface area contributed by atoms with Crippen LogP contribution in [0.3, 0.4) is 0 Å². The molecule has 1 aliphatic carbocycles. The molecule has 1 atom stereocenters. The molecule has 0 aromatic heterocycles. The number of halogens is 1. The highest BCUT2D eigenvalue weighted by Gasteiger charge is 2.26. The van der Waals surface area contributed by atoms with Crippen molar-refractivity contribution >= 4 is 11.1 Å². The van der Waals surface area contributed by atoms with E-state index in [4.69, 9.17) is 0 Å². The van der Waals surface area contributed by atoms with E-state index in [9.17, 15) is 4.39 Å². The zero-order valence-electron chi connectivity index (χ0n) is 16.1. The van der Waals surface area contributed by atoms with Crippen LogP contribution in [0.1, 0.15) is 60.4 Å². The standard InChI is InChI=1S/C25H29F/c1-5-6-8-21-9-7-10-24-18(3)15-22(19(4)25(21)24)12-11-20-13-14-23(26)16-17(20)2/h7,9-10,13-14,16,22H,3-6,8,11-12,15H2,1-2H3. The minimum absolute atomic E-state index is 0.156. The molecular formula is C25H29F. The van der Waals surface area contributed by atoms with Crippen molar-refractivity contribution in [3.8, 4) is 0 Å². The number of rotatable bonds is 6. The molecule has 0 heterocycles. The van der Waals surface area contributed by atoms with Crippen LogP contribution in [0.5, 0.6) is 0 Å². The summed E-state index contributed by atoms with van der Waals surface area (Å²) < 4.78 is 13.3. The first kappa shape index (κ1) is 18.6. The summed E-state index contributed by atoms with van der Waals surface area (Å²) in [4.78, 5) is 0. The molecular weight excluding hydrogens is 319 g/mol. The minimum Gasteiger partial charge on any atom is -0.207 e. The summed E-state index contributed by atoms with van der Waals surface area (Å²) >= 11 is 0. The van der Waals surface area contributed by atoms with Crippen molar-refractivity contribution in [1.82, 2.24) is 0 Å². The number of unbranched alkanes of at least 4 members (excludes halogenated alkanes) is 1. The van der Waals surface area contributed by atoms with Crippen LogP contribution in [0, 0.1) is 18.7 Å². The number of allylic oxidation sites excluding steroid dienone is 2. The fourth-order valence-electron chi connectivity index (χ4n) is 4.13. The van der Waals surface area contributed by atoms with Gasteiger partial charge in [0.2, 0.25) is 0 Å². The summed E-state index contributed by atoms with van der Waals surface area (Å²) in [5.74, 6) is 0.262. The van der Waals surface area contributed by atoms with Gasteiger partial charge in [-0.3, -0.25) is 0 Å². The molecule has 0 bridgehead atoms. The first-order valence-corrected chi connectivity index (χ1v) is 9.75. The monoisotopic (exact) mass is 348 g/mol. The second-order valence-corrected chi connectivity index (χ2v) is 7.58. The predicted molar refractivity (Wildman–Crippen MR) is 111 cm³/mol. The van der Waals surface area contributed by atoms with Crippen LogP contribution in [-0.2, 0) is 12.8 Å². The van der Waals surface area contributed by atoms with Crippen molar-refractivity contribution in [2.45, 2.75) is 52.4 Å². The summed E-state index contributed by atoms with van der Waals surface area (Å²) in [7, 11) is 0. The van der Waals surface area contributed by atoms with Crippen molar-refractivity contribution in [2.75, 3.05) is 0 Å². The van der Waals surface area contributed by atoms with Gasteiger partial charge in [0.1, 0.15) is 5.82 Å². The SMILES string of the molecule is C=C1CC(CCc2ccc(F)cc2C)C(=C)c2c(CCCC)cccc21. The molecule has 0 amide bonds. The van der Waals surface area contributed by atoms with Crippen LogP contribution in [0.4, 0.5) is 4.39 Å². The summed E-state index contributed by atoms with van der Waals surface area (Å²) in [5.41, 5.74) is 8.81. The van der Waals surface area contributed by atoms with E-state index in [0.717, 1.165) is 31.2 Å². The van der Waals surface area contributed by atoms with Crippen molar-refractivity contribution in [2.24, 2.45) is 5.92 Å². The van der Waals surface area contributed by atoms with Gasteiger partial charge in [0, 0.05) is 0 Å². The number of hydrogen-bond acceptors (Lipinski definition) is 0. The Bertz CT molecular complexity index is 828. The number of hydrogen-bond donors (Lipinski definition) is 0. The normalized spacial score (nSPS) is 16.7. The molecule has 26 heavy (non-hydrogen) atoms. The summed E-state index contributed by atoms with van der Waals surface area (Å²) in [5, 5.41) is 0. The second kappa shape index (κ2) is 8.03. The molecule has 0 radical (unpaired) electrons. The fourth-order valence-corrected chi connectivity index (χ4v) is 4.13. The van der Waals surface area contributed by atoms with Crippen LogP contribution >= 0.6 is 0 Å². The highest BCUT2D eigenvalue weighted by Crippen LogP contribution is 2.43. The van der Waals surface area contributed by atoms with E-state index in [2.05, 4.69) is 38.3 Å². The maximum absolute atomic E-state index is 13.3. The Hall–Kier alpha value is -2.15. The molecule has 0 saturated heterocycles. The summed E-state index contributed by atoms with van der Waals surface area (Å²) in [6.45, 7) is 13.1. The van der Waals surface area contributed by atoms with Crippen molar-refractivity contribution in [3.05, 3.63) is 83.2 Å². The van der Waals surface area contributed by atoms with Gasteiger partial charge in [-0.1, -0.05) is 50.8 Å². The molecule has 0 nitrogen and oxygen atoms in total. The Kier molecular flexibility index (Phi) is 5.76. The van der Waals surface area contributed by atoms with Gasteiger partial charge >= 0.3 is 0 Å². The van der Waals surface area contributed by atoms with Crippen LogP contribution in [0.2, 0.25) is 0 Å². The molecule has 0 N–H and O–H groups in total. The van der Waals surface area contributed by atoms with E-state index < -0.39 is 0 Å². The third-order valence-corrected chi connectivity index (χ3v) is 5.70. The van der Waals surface area contributed by atoms with E-state index in [1.807, 2.05) is 13.0 Å². The maximum Gasteiger partial charge on any atom is 0.123 e. The van der Waals surface area contributed by atoms with Crippen LogP contribution < -0.4 is 0 Å². The Balaban J connectivity index is 1.81. The molecule has 0 fully saturated rings. The first-order valence-electron chi connectivity index (χ1n) is 9.75. The molecule has 3 rings (SSSR count). The van der Waals surface area contributed by atoms with E-state index in [1.165, 1.54) is 46.2 Å². The van der Waals surface area contributed by atoms with Gasteiger partial charge in [-0.05, 0) is 96.0 Å². The molecule has 136 valence electrons. The largest absolute Gasteiger partial charge is 0.207 e. The number of aryl methyl sites for hydroxylation is 3. The lowest BCUT2D eigenvalue weighted by Crippen LogP contribution is -2.15. The Morgan fingerprint density at radius 2 is 1.88 bits per heavy atom. The lowest BCUT2D eigenvalue weighted by molar-refractivity contribution is 0.608. The molecule has 1 aliphatic rings. The van der Waals surface area contributed by atoms with Gasteiger partial charge in [-0.2, -0.15) is 0 Å². The zero-order chi connectivity index (χ0) is 18.7. The molecule has 1 unspecified atom stereocenters. The molecule has 0 aliphatic heterocycles. The molecule has 2 aromatic carbocycles. The number of fused-ring (bicyclic) bond motifs is 1. The third kappa shape index (κ3) is 3.82. The molecule has 0 saturated carbocycles. The van der Waals surface area contributed by atoms with Gasteiger partial charge in [0.15, 0.2) is 0 Å². The average molecular weight is 349 g/mol. The lowest BCUT2D eigenvalue weighted by atomic mass is 9.73. The topological polar surface area (TPSA) is 0 Å². The fraction of sp³-hybridized carbons (Fsp3) is 0.360. The summed E-state index contributed by atoms with van der Waals surface area (Å²) in [6.07, 6.45) is 6.47. The minimum atomic E-state index is -0.156. The van der Waals surface area contributed by atoms with Gasteiger partial charge < -0.3 is 0 Å². The average Bonchev–Trinajstić information content (AvgIpc) is 2.62. The number of benzene rings is 2. The van der Waals surface area contributed by atoms with Gasteiger partial charge in [0.05, 0.1) is 0 Å². The Labute approximate surface area is 157 Å². The van der Waals surface area contributed by atoms with E-state index >= 15 is 0 Å². The van der Waals surface area contributed by atoms with E-state index in [0.29, 0.717) is 5.92 Å².